The van der Waals surface area contributed by atoms with Gasteiger partial charge in [0, 0.05) is 18.9 Å². The summed E-state index contributed by atoms with van der Waals surface area (Å²) in [6, 6.07) is 2.78. The van der Waals surface area contributed by atoms with Crippen LogP contribution >= 0.6 is 23.2 Å². The highest BCUT2D eigenvalue weighted by Gasteiger charge is 2.15. The van der Waals surface area contributed by atoms with Crippen molar-refractivity contribution in [3.05, 3.63) is 38.5 Å². The minimum atomic E-state index is -2.48. The van der Waals surface area contributed by atoms with E-state index in [-0.39, 0.29) is 40.3 Å². The Morgan fingerprint density at radius 1 is 1.39 bits per heavy atom. The molecular formula is C14H11Cl2F2N3O2. The molecule has 1 aromatic carbocycles. The first kappa shape index (κ1) is 17.3. The molecule has 0 aliphatic carbocycles. The second kappa shape index (κ2) is 7.49. The molecule has 2 rings (SSSR count). The van der Waals surface area contributed by atoms with Crippen molar-refractivity contribution in [1.82, 2.24) is 14.8 Å². The zero-order valence-corrected chi connectivity index (χ0v) is 13.2. The van der Waals surface area contributed by atoms with E-state index in [1.165, 1.54) is 12.1 Å². The summed E-state index contributed by atoms with van der Waals surface area (Å²) in [6.45, 7) is -0.0180. The second-order valence-corrected chi connectivity index (χ2v) is 5.26. The van der Waals surface area contributed by atoms with Crippen LogP contribution in [0.2, 0.25) is 10.0 Å². The number of ether oxygens (including phenoxy) is 1. The van der Waals surface area contributed by atoms with E-state index < -0.39 is 18.5 Å². The zero-order valence-electron chi connectivity index (χ0n) is 11.7. The van der Waals surface area contributed by atoms with Crippen molar-refractivity contribution in [2.45, 2.75) is 19.3 Å². The van der Waals surface area contributed by atoms with Gasteiger partial charge in [-0.3, -0.25) is 4.98 Å². The molecule has 9 heteroatoms. The molecule has 0 atom stereocenters. The highest BCUT2D eigenvalue weighted by atomic mass is 35.5. The first-order chi connectivity index (χ1) is 10.9. The van der Waals surface area contributed by atoms with Gasteiger partial charge in [-0.1, -0.05) is 29.1 Å². The van der Waals surface area contributed by atoms with E-state index in [0.717, 1.165) is 4.68 Å². The van der Waals surface area contributed by atoms with E-state index in [4.69, 9.17) is 34.4 Å². The molecule has 122 valence electrons. The number of hydrogen-bond acceptors (Lipinski definition) is 3. The summed E-state index contributed by atoms with van der Waals surface area (Å²) in [4.78, 5) is 14.3. The van der Waals surface area contributed by atoms with Crippen LogP contribution in [-0.4, -0.2) is 27.8 Å². The van der Waals surface area contributed by atoms with Crippen molar-refractivity contribution in [3.63, 3.8) is 0 Å². The molecular weight excluding hydrogens is 351 g/mol. The molecule has 0 spiro atoms. The summed E-state index contributed by atoms with van der Waals surface area (Å²) in [5, 5.41) is 4.32. The Balaban J connectivity index is 2.38. The molecule has 1 N–H and O–H groups in total. The van der Waals surface area contributed by atoms with Gasteiger partial charge in [-0.15, -0.1) is 6.42 Å². The lowest BCUT2D eigenvalue weighted by Crippen LogP contribution is -2.16. The summed E-state index contributed by atoms with van der Waals surface area (Å²) in [5.41, 5.74) is -0.408. The van der Waals surface area contributed by atoms with Gasteiger partial charge in [0.2, 0.25) is 6.43 Å². The fourth-order valence-corrected chi connectivity index (χ4v) is 2.32. The molecule has 0 bridgehead atoms. The lowest BCUT2D eigenvalue weighted by Gasteiger charge is -2.09. The Morgan fingerprint density at radius 2 is 2.13 bits per heavy atom. The van der Waals surface area contributed by atoms with E-state index in [0.29, 0.717) is 0 Å². The molecule has 0 amide bonds. The molecule has 23 heavy (non-hydrogen) atoms. The predicted octanol–water partition coefficient (Wildman–Crippen LogP) is 3.08. The van der Waals surface area contributed by atoms with Gasteiger partial charge in [0.25, 0.3) is 0 Å². The number of aromatic amines is 1. The maximum Gasteiger partial charge on any atom is 0.348 e. The van der Waals surface area contributed by atoms with Crippen LogP contribution in [0.4, 0.5) is 8.78 Å². The van der Waals surface area contributed by atoms with Gasteiger partial charge in [0.1, 0.15) is 18.2 Å². The summed E-state index contributed by atoms with van der Waals surface area (Å²) in [5.74, 6) is 2.65. The molecule has 0 unspecified atom stereocenters. The fourth-order valence-electron chi connectivity index (χ4n) is 1.80. The van der Waals surface area contributed by atoms with Crippen LogP contribution in [-0.2, 0) is 6.42 Å². The Hall–Kier alpha value is -2.04. The number of halogens is 4. The summed E-state index contributed by atoms with van der Waals surface area (Å²) in [7, 11) is 0. The molecule has 1 heterocycles. The molecule has 0 saturated carbocycles. The number of nitrogens with one attached hydrogen (secondary N) is 1. The quantitative estimate of drug-likeness (QED) is 0.804. The lowest BCUT2D eigenvalue weighted by atomic mass is 10.3. The van der Waals surface area contributed by atoms with Crippen molar-refractivity contribution in [1.29, 1.82) is 0 Å². The molecule has 2 aromatic rings. The standard InChI is InChI=1S/C14H11Cl2F2N3O2/c1-2-5-23-11-7-10(8(15)6-9(11)16)21-14(22)19-13(20-21)4-3-12(17)18/h1,6-7,12H,3-5H2,(H,19,20,22). The number of aryl methyl sites for hydroxylation is 1. The summed E-state index contributed by atoms with van der Waals surface area (Å²) in [6.07, 6.45) is 2.16. The molecule has 0 radical (unpaired) electrons. The Labute approximate surface area is 140 Å². The average molecular weight is 362 g/mol. The Bertz CT molecular complexity index is 796. The maximum atomic E-state index is 12.2. The molecule has 0 aliphatic rings. The van der Waals surface area contributed by atoms with Crippen LogP contribution in [0.25, 0.3) is 5.69 Å². The van der Waals surface area contributed by atoms with Gasteiger partial charge in [0.15, 0.2) is 0 Å². The van der Waals surface area contributed by atoms with Crippen molar-refractivity contribution in [2.24, 2.45) is 0 Å². The van der Waals surface area contributed by atoms with Gasteiger partial charge in [-0.25, -0.2) is 13.6 Å². The van der Waals surface area contributed by atoms with Gasteiger partial charge in [-0.05, 0) is 6.07 Å². The maximum absolute atomic E-state index is 12.2. The van der Waals surface area contributed by atoms with Crippen molar-refractivity contribution in [2.75, 3.05) is 6.61 Å². The van der Waals surface area contributed by atoms with Gasteiger partial charge in [-0.2, -0.15) is 9.78 Å². The number of aromatic nitrogens is 3. The molecule has 0 saturated heterocycles. The van der Waals surface area contributed by atoms with Crippen LogP contribution in [0, 0.1) is 12.3 Å². The van der Waals surface area contributed by atoms with Crippen LogP contribution in [0.1, 0.15) is 12.2 Å². The number of alkyl halides is 2. The molecule has 0 aliphatic heterocycles. The van der Waals surface area contributed by atoms with Crippen LogP contribution < -0.4 is 10.4 Å². The minimum Gasteiger partial charge on any atom is -0.479 e. The second-order valence-electron chi connectivity index (χ2n) is 4.45. The smallest absolute Gasteiger partial charge is 0.348 e. The minimum absolute atomic E-state index is 0.0180. The van der Waals surface area contributed by atoms with E-state index in [1.807, 2.05) is 0 Å². The molecule has 1 aromatic heterocycles. The number of benzene rings is 1. The number of hydrogen-bond donors (Lipinski definition) is 1. The number of nitrogens with zero attached hydrogens (tertiary/aromatic N) is 2. The van der Waals surface area contributed by atoms with Crippen molar-refractivity contribution in [3.8, 4) is 23.8 Å². The topological polar surface area (TPSA) is 59.9 Å². The molecule has 0 fully saturated rings. The summed E-state index contributed by atoms with van der Waals surface area (Å²) < 4.78 is 30.7. The zero-order chi connectivity index (χ0) is 17.0. The highest BCUT2D eigenvalue weighted by Crippen LogP contribution is 2.32. The van der Waals surface area contributed by atoms with E-state index in [2.05, 4.69) is 16.0 Å². The first-order valence-corrected chi connectivity index (χ1v) is 7.20. The first-order valence-electron chi connectivity index (χ1n) is 6.44. The Kier molecular flexibility index (Phi) is 5.64. The van der Waals surface area contributed by atoms with Gasteiger partial charge < -0.3 is 4.74 Å². The predicted molar refractivity (Wildman–Crippen MR) is 82.9 cm³/mol. The lowest BCUT2D eigenvalue weighted by molar-refractivity contribution is 0.137. The Morgan fingerprint density at radius 3 is 2.78 bits per heavy atom. The third kappa shape index (κ3) is 4.24. The average Bonchev–Trinajstić information content (AvgIpc) is 2.85. The SMILES string of the molecule is C#CCOc1cc(-n2nc(CCC(F)F)[nH]c2=O)c(Cl)cc1Cl. The largest absolute Gasteiger partial charge is 0.479 e. The van der Waals surface area contributed by atoms with E-state index in [9.17, 15) is 13.6 Å². The summed E-state index contributed by atoms with van der Waals surface area (Å²) >= 11 is 12.0. The van der Waals surface area contributed by atoms with Crippen LogP contribution in [0.3, 0.4) is 0 Å². The van der Waals surface area contributed by atoms with Crippen molar-refractivity contribution < 1.29 is 13.5 Å². The van der Waals surface area contributed by atoms with Gasteiger partial charge >= 0.3 is 5.69 Å². The number of H-pyrrole nitrogens is 1. The van der Waals surface area contributed by atoms with Gasteiger partial charge in [0.05, 0.1) is 15.7 Å². The van der Waals surface area contributed by atoms with Crippen LogP contribution in [0.5, 0.6) is 5.75 Å². The highest BCUT2D eigenvalue weighted by molar-refractivity contribution is 6.36. The third-order valence-electron chi connectivity index (χ3n) is 2.80. The number of rotatable bonds is 6. The van der Waals surface area contributed by atoms with E-state index in [1.54, 1.807) is 0 Å². The molecule has 5 nitrogen and oxygen atoms in total. The van der Waals surface area contributed by atoms with Crippen LogP contribution in [0.15, 0.2) is 16.9 Å². The van der Waals surface area contributed by atoms with Crippen molar-refractivity contribution >= 4 is 23.2 Å². The number of terminal acetylenes is 1. The fraction of sp³-hybridized carbons (Fsp3) is 0.286. The normalized spacial score (nSPS) is 10.8. The van der Waals surface area contributed by atoms with E-state index >= 15 is 0 Å². The third-order valence-corrected chi connectivity index (χ3v) is 3.40. The monoisotopic (exact) mass is 361 g/mol.